The van der Waals surface area contributed by atoms with Crippen molar-refractivity contribution in [1.29, 1.82) is 0 Å². The summed E-state index contributed by atoms with van der Waals surface area (Å²) in [5.41, 5.74) is 5.19. The highest BCUT2D eigenvalue weighted by Gasteiger charge is 2.13. The summed E-state index contributed by atoms with van der Waals surface area (Å²) in [4.78, 5) is 38.3. The molecule has 0 aliphatic rings. The topological polar surface area (TPSA) is 114 Å². The Morgan fingerprint density at radius 1 is 1.24 bits per heavy atom. The standard InChI is InChI=1S/C15H14F2N4O3S/c16-8-1-2-10(11(17)5-8)14(24)19-4-3-13(23)21-15-20-9(7-25-15)6-12(18)22/h1-2,5,7H,3-4,6H2,(H2,18,22)(H,19,24)(H,20,21,23). The predicted molar refractivity (Wildman–Crippen MR) is 87.0 cm³/mol. The lowest BCUT2D eigenvalue weighted by Gasteiger charge is -2.06. The molecule has 7 nitrogen and oxygen atoms in total. The molecule has 0 spiro atoms. The van der Waals surface area contributed by atoms with Gasteiger partial charge in [0.2, 0.25) is 11.8 Å². The van der Waals surface area contributed by atoms with E-state index in [0.29, 0.717) is 16.9 Å². The van der Waals surface area contributed by atoms with Crippen molar-refractivity contribution in [3.05, 3.63) is 46.5 Å². The Kier molecular flexibility index (Phi) is 6.12. The number of halogens is 2. The van der Waals surface area contributed by atoms with Crippen LogP contribution in [0.4, 0.5) is 13.9 Å². The van der Waals surface area contributed by atoms with Crippen molar-refractivity contribution in [2.45, 2.75) is 12.8 Å². The van der Waals surface area contributed by atoms with Gasteiger partial charge in [0.25, 0.3) is 5.91 Å². The normalized spacial score (nSPS) is 10.3. The molecule has 0 aliphatic heterocycles. The van der Waals surface area contributed by atoms with Gasteiger partial charge in [0.05, 0.1) is 17.7 Å². The minimum atomic E-state index is -0.980. The predicted octanol–water partition coefficient (Wildman–Crippen LogP) is 1.21. The van der Waals surface area contributed by atoms with Crippen LogP contribution in [0, 0.1) is 11.6 Å². The van der Waals surface area contributed by atoms with Crippen LogP contribution in [-0.2, 0) is 16.0 Å². The largest absolute Gasteiger partial charge is 0.369 e. The first-order valence-corrected chi connectivity index (χ1v) is 7.99. The number of carbonyl (C=O) groups is 3. The van der Waals surface area contributed by atoms with E-state index >= 15 is 0 Å². The number of aromatic nitrogens is 1. The summed E-state index contributed by atoms with van der Waals surface area (Å²) in [5.74, 6) is -3.46. The van der Waals surface area contributed by atoms with Gasteiger partial charge in [-0.1, -0.05) is 0 Å². The van der Waals surface area contributed by atoms with Gasteiger partial charge in [-0.3, -0.25) is 14.4 Å². The van der Waals surface area contributed by atoms with E-state index in [1.165, 1.54) is 0 Å². The molecule has 132 valence electrons. The number of anilines is 1. The Labute approximate surface area is 145 Å². The van der Waals surface area contributed by atoms with E-state index in [9.17, 15) is 23.2 Å². The molecular formula is C15H14F2N4O3S. The summed E-state index contributed by atoms with van der Waals surface area (Å²) in [7, 11) is 0. The van der Waals surface area contributed by atoms with Crippen molar-refractivity contribution >= 4 is 34.2 Å². The third kappa shape index (κ3) is 5.60. The fourth-order valence-corrected chi connectivity index (χ4v) is 2.59. The van der Waals surface area contributed by atoms with Gasteiger partial charge < -0.3 is 16.4 Å². The molecule has 1 aromatic carbocycles. The second-order valence-electron chi connectivity index (χ2n) is 4.97. The molecule has 25 heavy (non-hydrogen) atoms. The molecular weight excluding hydrogens is 354 g/mol. The highest BCUT2D eigenvalue weighted by Crippen LogP contribution is 2.15. The monoisotopic (exact) mass is 368 g/mol. The van der Waals surface area contributed by atoms with Gasteiger partial charge in [-0.15, -0.1) is 11.3 Å². The van der Waals surface area contributed by atoms with Crippen molar-refractivity contribution in [2.75, 3.05) is 11.9 Å². The summed E-state index contributed by atoms with van der Waals surface area (Å²) in [5, 5.41) is 6.78. The average molecular weight is 368 g/mol. The molecule has 0 aliphatic carbocycles. The number of benzene rings is 1. The SMILES string of the molecule is NC(=O)Cc1csc(NC(=O)CCNC(=O)c2ccc(F)cc2F)n1. The van der Waals surface area contributed by atoms with Crippen molar-refractivity contribution < 1.29 is 23.2 Å². The van der Waals surface area contributed by atoms with E-state index in [4.69, 9.17) is 5.73 Å². The molecule has 0 radical (unpaired) electrons. The fraction of sp³-hybridized carbons (Fsp3) is 0.200. The summed E-state index contributed by atoms with van der Waals surface area (Å²) >= 11 is 1.14. The average Bonchev–Trinajstić information content (AvgIpc) is 2.93. The molecule has 0 saturated carbocycles. The number of rotatable bonds is 7. The summed E-state index contributed by atoms with van der Waals surface area (Å²) in [6.07, 6.45) is -0.0923. The van der Waals surface area contributed by atoms with Gasteiger partial charge in [0.1, 0.15) is 11.6 Å². The molecule has 0 saturated heterocycles. The molecule has 0 fully saturated rings. The lowest BCUT2D eigenvalue weighted by molar-refractivity contribution is -0.117. The zero-order chi connectivity index (χ0) is 18.4. The third-order valence-corrected chi connectivity index (χ3v) is 3.77. The van der Waals surface area contributed by atoms with Gasteiger partial charge in [-0.25, -0.2) is 13.8 Å². The van der Waals surface area contributed by atoms with Crippen LogP contribution >= 0.6 is 11.3 Å². The van der Waals surface area contributed by atoms with Crippen molar-refractivity contribution in [3.8, 4) is 0 Å². The van der Waals surface area contributed by atoms with Gasteiger partial charge in [-0.2, -0.15) is 0 Å². The molecule has 0 unspecified atom stereocenters. The minimum absolute atomic E-state index is 0.0222. The van der Waals surface area contributed by atoms with E-state index in [2.05, 4.69) is 15.6 Å². The Morgan fingerprint density at radius 3 is 2.68 bits per heavy atom. The number of amides is 3. The van der Waals surface area contributed by atoms with E-state index in [1.807, 2.05) is 0 Å². The number of nitrogens with two attached hydrogens (primary N) is 1. The Hall–Kier alpha value is -2.88. The molecule has 2 rings (SSSR count). The van der Waals surface area contributed by atoms with E-state index in [1.54, 1.807) is 5.38 Å². The molecule has 1 heterocycles. The highest BCUT2D eigenvalue weighted by atomic mass is 32.1. The Morgan fingerprint density at radius 2 is 2.00 bits per heavy atom. The van der Waals surface area contributed by atoms with Gasteiger partial charge in [-0.05, 0) is 12.1 Å². The third-order valence-electron chi connectivity index (χ3n) is 2.97. The maximum atomic E-state index is 13.4. The Bertz CT molecular complexity index is 810. The van der Waals surface area contributed by atoms with Gasteiger partial charge in [0.15, 0.2) is 5.13 Å². The fourth-order valence-electron chi connectivity index (χ4n) is 1.86. The summed E-state index contributed by atoms with van der Waals surface area (Å²) < 4.78 is 26.2. The number of hydrogen-bond acceptors (Lipinski definition) is 5. The maximum absolute atomic E-state index is 13.4. The first-order chi connectivity index (χ1) is 11.8. The van der Waals surface area contributed by atoms with Crippen LogP contribution in [0.1, 0.15) is 22.5 Å². The minimum Gasteiger partial charge on any atom is -0.369 e. The smallest absolute Gasteiger partial charge is 0.254 e. The first kappa shape index (κ1) is 18.5. The van der Waals surface area contributed by atoms with Crippen LogP contribution in [0.25, 0.3) is 0 Å². The first-order valence-electron chi connectivity index (χ1n) is 7.11. The molecule has 2 aromatic rings. The number of thiazole rings is 1. The zero-order valence-corrected chi connectivity index (χ0v) is 13.7. The number of carbonyl (C=O) groups excluding carboxylic acids is 3. The van der Waals surface area contributed by atoms with E-state index in [0.717, 1.165) is 23.5 Å². The quantitative estimate of drug-likeness (QED) is 0.681. The second-order valence-corrected chi connectivity index (χ2v) is 5.82. The number of nitrogens with one attached hydrogen (secondary N) is 2. The lowest BCUT2D eigenvalue weighted by Crippen LogP contribution is -2.28. The number of primary amides is 1. The number of hydrogen-bond donors (Lipinski definition) is 3. The van der Waals surface area contributed by atoms with Crippen LogP contribution < -0.4 is 16.4 Å². The Balaban J connectivity index is 1.79. The molecule has 0 atom stereocenters. The molecule has 4 N–H and O–H groups in total. The second kappa shape index (κ2) is 8.29. The summed E-state index contributed by atoms with van der Waals surface area (Å²) in [6.45, 7) is -0.0407. The maximum Gasteiger partial charge on any atom is 0.254 e. The van der Waals surface area contributed by atoms with Crippen LogP contribution in [-0.4, -0.2) is 29.3 Å². The van der Waals surface area contributed by atoms with Crippen molar-refractivity contribution in [2.24, 2.45) is 5.73 Å². The van der Waals surface area contributed by atoms with E-state index < -0.39 is 29.4 Å². The lowest BCUT2D eigenvalue weighted by atomic mass is 10.2. The number of nitrogens with zero attached hydrogens (tertiary/aromatic N) is 1. The van der Waals surface area contributed by atoms with Gasteiger partial charge in [0, 0.05) is 24.4 Å². The van der Waals surface area contributed by atoms with Crippen LogP contribution in [0.3, 0.4) is 0 Å². The van der Waals surface area contributed by atoms with Crippen molar-refractivity contribution in [1.82, 2.24) is 10.3 Å². The highest BCUT2D eigenvalue weighted by molar-refractivity contribution is 7.13. The summed E-state index contributed by atoms with van der Waals surface area (Å²) in [6, 6.07) is 2.60. The van der Waals surface area contributed by atoms with Crippen molar-refractivity contribution in [3.63, 3.8) is 0 Å². The van der Waals surface area contributed by atoms with Crippen LogP contribution in [0.15, 0.2) is 23.6 Å². The van der Waals surface area contributed by atoms with E-state index in [-0.39, 0.29) is 24.9 Å². The van der Waals surface area contributed by atoms with Crippen LogP contribution in [0.2, 0.25) is 0 Å². The van der Waals surface area contributed by atoms with Crippen LogP contribution in [0.5, 0.6) is 0 Å². The van der Waals surface area contributed by atoms with Gasteiger partial charge >= 0.3 is 0 Å². The molecule has 1 aromatic heterocycles. The molecule has 10 heteroatoms. The molecule has 0 bridgehead atoms. The zero-order valence-electron chi connectivity index (χ0n) is 12.8. The molecule has 3 amide bonds.